The summed E-state index contributed by atoms with van der Waals surface area (Å²) < 4.78 is 5.51. The van der Waals surface area contributed by atoms with Gasteiger partial charge in [0.25, 0.3) is 0 Å². The van der Waals surface area contributed by atoms with Crippen LogP contribution >= 0.6 is 0 Å². The lowest BCUT2D eigenvalue weighted by molar-refractivity contribution is -0.0495. The Bertz CT molecular complexity index is 203. The fourth-order valence-electron chi connectivity index (χ4n) is 1.41. The van der Waals surface area contributed by atoms with Gasteiger partial charge in [-0.2, -0.15) is 0 Å². The number of rotatable bonds is 8. The molecule has 4 nitrogen and oxygen atoms in total. The van der Waals surface area contributed by atoms with Crippen LogP contribution in [0.5, 0.6) is 0 Å². The number of ether oxygens (including phenoxy) is 1. The minimum Gasteiger partial charge on any atom is -0.396 e. The van der Waals surface area contributed by atoms with E-state index >= 15 is 0 Å². The summed E-state index contributed by atoms with van der Waals surface area (Å²) in [5.41, 5.74) is -0.336. The largest absolute Gasteiger partial charge is 0.396 e. The zero-order chi connectivity index (χ0) is 13.5. The second kappa shape index (κ2) is 7.31. The molecule has 104 valence electrons. The van der Waals surface area contributed by atoms with Gasteiger partial charge in [0, 0.05) is 18.7 Å². The molecule has 0 spiro atoms. The average molecular weight is 247 g/mol. The van der Waals surface area contributed by atoms with E-state index < -0.39 is 6.10 Å². The maximum absolute atomic E-state index is 9.79. The van der Waals surface area contributed by atoms with E-state index in [0.717, 1.165) is 6.42 Å². The van der Waals surface area contributed by atoms with Gasteiger partial charge in [0.05, 0.1) is 18.3 Å². The van der Waals surface area contributed by atoms with Gasteiger partial charge in [0.1, 0.15) is 0 Å². The zero-order valence-electron chi connectivity index (χ0n) is 11.9. The van der Waals surface area contributed by atoms with E-state index in [4.69, 9.17) is 9.84 Å². The van der Waals surface area contributed by atoms with E-state index in [1.54, 1.807) is 0 Å². The number of β-amino-alcohol motifs (C(OH)–C–C–N with tert-alkyl or cyclic N) is 1. The fourth-order valence-corrected chi connectivity index (χ4v) is 1.41. The molecule has 0 aliphatic heterocycles. The molecule has 0 fully saturated rings. The van der Waals surface area contributed by atoms with Crippen LogP contribution in [-0.2, 0) is 4.74 Å². The summed E-state index contributed by atoms with van der Waals surface area (Å²) in [7, 11) is 0. The molecule has 0 aromatic rings. The first-order chi connectivity index (χ1) is 7.72. The van der Waals surface area contributed by atoms with Gasteiger partial charge in [0.15, 0.2) is 0 Å². The third kappa shape index (κ3) is 8.55. The molecular weight excluding hydrogens is 218 g/mol. The summed E-state index contributed by atoms with van der Waals surface area (Å²) in [5.74, 6) is 0. The summed E-state index contributed by atoms with van der Waals surface area (Å²) in [6, 6.07) is 0. The van der Waals surface area contributed by atoms with E-state index in [1.807, 2.05) is 20.8 Å². The Morgan fingerprint density at radius 1 is 1.24 bits per heavy atom. The van der Waals surface area contributed by atoms with E-state index in [1.165, 1.54) is 0 Å². The monoisotopic (exact) mass is 247 g/mol. The summed E-state index contributed by atoms with van der Waals surface area (Å²) in [6.45, 7) is 11.0. The lowest BCUT2D eigenvalue weighted by atomic mass is 9.95. The SMILES string of the molecule is CCC(C)(CCO)NCC(O)COC(C)(C)C. The maximum atomic E-state index is 9.79. The smallest absolute Gasteiger partial charge is 0.0898 e. The molecule has 0 saturated carbocycles. The molecule has 0 radical (unpaired) electrons. The van der Waals surface area contributed by atoms with Gasteiger partial charge in [-0.15, -0.1) is 0 Å². The quantitative estimate of drug-likeness (QED) is 0.605. The molecule has 4 heteroatoms. The minimum absolute atomic E-state index is 0.114. The number of nitrogens with one attached hydrogen (secondary N) is 1. The Morgan fingerprint density at radius 3 is 2.24 bits per heavy atom. The molecule has 0 aliphatic rings. The first-order valence-electron chi connectivity index (χ1n) is 6.40. The van der Waals surface area contributed by atoms with Gasteiger partial charge >= 0.3 is 0 Å². The van der Waals surface area contributed by atoms with Crippen molar-refractivity contribution in [1.82, 2.24) is 5.32 Å². The van der Waals surface area contributed by atoms with Crippen molar-refractivity contribution in [3.05, 3.63) is 0 Å². The van der Waals surface area contributed by atoms with Crippen molar-refractivity contribution in [2.75, 3.05) is 19.8 Å². The molecule has 0 rings (SSSR count). The van der Waals surface area contributed by atoms with Gasteiger partial charge in [-0.25, -0.2) is 0 Å². The van der Waals surface area contributed by atoms with Crippen molar-refractivity contribution in [1.29, 1.82) is 0 Å². The molecule has 3 N–H and O–H groups in total. The van der Waals surface area contributed by atoms with Gasteiger partial charge in [-0.05, 0) is 40.5 Å². The second-order valence-corrected chi connectivity index (χ2v) is 5.85. The number of hydrogen-bond acceptors (Lipinski definition) is 4. The summed E-state index contributed by atoms with van der Waals surface area (Å²) in [5, 5.41) is 22.1. The summed E-state index contributed by atoms with van der Waals surface area (Å²) in [6.07, 6.45) is 1.09. The van der Waals surface area contributed by atoms with Gasteiger partial charge in [-0.3, -0.25) is 0 Å². The topological polar surface area (TPSA) is 61.7 Å². The molecule has 0 aromatic carbocycles. The van der Waals surface area contributed by atoms with Crippen LogP contribution in [0.15, 0.2) is 0 Å². The van der Waals surface area contributed by atoms with Crippen LogP contribution in [0.1, 0.15) is 47.5 Å². The number of aliphatic hydroxyl groups excluding tert-OH is 2. The molecule has 2 unspecified atom stereocenters. The number of aliphatic hydroxyl groups is 2. The predicted molar refractivity (Wildman–Crippen MR) is 70.1 cm³/mol. The molecule has 0 saturated heterocycles. The highest BCUT2D eigenvalue weighted by atomic mass is 16.5. The van der Waals surface area contributed by atoms with Crippen LogP contribution < -0.4 is 5.32 Å². The molecule has 0 aromatic heterocycles. The summed E-state index contributed by atoms with van der Waals surface area (Å²) in [4.78, 5) is 0. The molecule has 17 heavy (non-hydrogen) atoms. The molecule has 0 bridgehead atoms. The van der Waals surface area contributed by atoms with E-state index in [2.05, 4.69) is 19.2 Å². The molecule has 0 amide bonds. The van der Waals surface area contributed by atoms with Crippen LogP contribution in [0.3, 0.4) is 0 Å². The first kappa shape index (κ1) is 16.8. The lowest BCUT2D eigenvalue weighted by Gasteiger charge is -2.31. The van der Waals surface area contributed by atoms with Crippen LogP contribution in [0.4, 0.5) is 0 Å². The Hall–Kier alpha value is -0.160. The highest BCUT2D eigenvalue weighted by Crippen LogP contribution is 2.14. The second-order valence-electron chi connectivity index (χ2n) is 5.85. The van der Waals surface area contributed by atoms with Crippen molar-refractivity contribution in [3.63, 3.8) is 0 Å². The van der Waals surface area contributed by atoms with Crippen molar-refractivity contribution in [2.45, 2.75) is 64.7 Å². The van der Waals surface area contributed by atoms with Crippen LogP contribution in [-0.4, -0.2) is 47.2 Å². The zero-order valence-corrected chi connectivity index (χ0v) is 11.9. The Kier molecular flexibility index (Phi) is 7.24. The van der Waals surface area contributed by atoms with E-state index in [-0.39, 0.29) is 17.7 Å². The standard InChI is InChI=1S/C13H29NO3/c1-6-13(5,7-8-15)14-9-11(16)10-17-12(2,3)4/h11,14-16H,6-10H2,1-5H3. The van der Waals surface area contributed by atoms with Crippen LogP contribution in [0.25, 0.3) is 0 Å². The summed E-state index contributed by atoms with van der Waals surface area (Å²) >= 11 is 0. The van der Waals surface area contributed by atoms with E-state index in [0.29, 0.717) is 19.6 Å². The third-order valence-electron chi connectivity index (χ3n) is 2.92. The Labute approximate surface area is 105 Å². The first-order valence-corrected chi connectivity index (χ1v) is 6.40. The predicted octanol–water partition coefficient (Wildman–Crippen LogP) is 1.30. The van der Waals surface area contributed by atoms with Crippen LogP contribution in [0, 0.1) is 0 Å². The Balaban J connectivity index is 3.93. The van der Waals surface area contributed by atoms with Gasteiger partial charge in [0.2, 0.25) is 0 Å². The van der Waals surface area contributed by atoms with Crippen LogP contribution in [0.2, 0.25) is 0 Å². The molecule has 2 atom stereocenters. The fraction of sp³-hybridized carbons (Fsp3) is 1.00. The number of hydrogen-bond donors (Lipinski definition) is 3. The third-order valence-corrected chi connectivity index (χ3v) is 2.92. The maximum Gasteiger partial charge on any atom is 0.0898 e. The normalized spacial score (nSPS) is 17.8. The molecular formula is C13H29NO3. The lowest BCUT2D eigenvalue weighted by Crippen LogP contribution is -2.47. The van der Waals surface area contributed by atoms with E-state index in [9.17, 15) is 5.11 Å². The van der Waals surface area contributed by atoms with Crippen molar-refractivity contribution >= 4 is 0 Å². The Morgan fingerprint density at radius 2 is 1.82 bits per heavy atom. The molecule has 0 aliphatic carbocycles. The van der Waals surface area contributed by atoms with Gasteiger partial charge < -0.3 is 20.3 Å². The highest BCUT2D eigenvalue weighted by molar-refractivity contribution is 4.82. The average Bonchev–Trinajstić information content (AvgIpc) is 2.23. The van der Waals surface area contributed by atoms with Crippen molar-refractivity contribution in [3.8, 4) is 0 Å². The van der Waals surface area contributed by atoms with Crippen molar-refractivity contribution in [2.24, 2.45) is 0 Å². The van der Waals surface area contributed by atoms with Gasteiger partial charge in [-0.1, -0.05) is 6.92 Å². The highest BCUT2D eigenvalue weighted by Gasteiger charge is 2.22. The molecule has 0 heterocycles. The van der Waals surface area contributed by atoms with Crippen molar-refractivity contribution < 1.29 is 14.9 Å². The minimum atomic E-state index is -0.515.